The highest BCUT2D eigenvalue weighted by Gasteiger charge is 2.19. The molecule has 0 spiro atoms. The zero-order valence-corrected chi connectivity index (χ0v) is 16.6. The molecule has 0 radical (unpaired) electrons. The summed E-state index contributed by atoms with van der Waals surface area (Å²) in [7, 11) is -3.43. The summed E-state index contributed by atoms with van der Waals surface area (Å²) in [5.74, 6) is 0.363. The van der Waals surface area contributed by atoms with E-state index in [1.54, 1.807) is 0 Å². The Morgan fingerprint density at radius 1 is 1.19 bits per heavy atom. The number of nitrogens with zero attached hydrogens (tertiary/aromatic N) is 2. The molecule has 0 aliphatic rings. The molecule has 0 atom stereocenters. The summed E-state index contributed by atoms with van der Waals surface area (Å²) in [4.78, 5) is 21.3. The maximum atomic E-state index is 12.4. The van der Waals surface area contributed by atoms with Gasteiger partial charge in [0.25, 0.3) is 5.56 Å². The van der Waals surface area contributed by atoms with Gasteiger partial charge in [0.2, 0.25) is 10.0 Å². The van der Waals surface area contributed by atoms with E-state index in [-0.39, 0.29) is 12.1 Å². The van der Waals surface area contributed by atoms with Crippen molar-refractivity contribution >= 4 is 31.6 Å². The standard InChI is InChI=1S/C18H21N3O3S2/c1-12-13(2)25-18-16(12)17(22)19-15(20-18)11-21(26(3,23)24)10-9-14-7-5-4-6-8-14/h4-8H,9-11H2,1-3H3,(H,19,20,22). The first-order valence-corrected chi connectivity index (χ1v) is 10.9. The molecule has 2 heterocycles. The maximum Gasteiger partial charge on any atom is 0.259 e. The van der Waals surface area contributed by atoms with Gasteiger partial charge in [0.1, 0.15) is 10.7 Å². The molecule has 26 heavy (non-hydrogen) atoms. The second-order valence-electron chi connectivity index (χ2n) is 6.31. The highest BCUT2D eigenvalue weighted by Crippen LogP contribution is 2.25. The molecule has 1 N–H and O–H groups in total. The summed E-state index contributed by atoms with van der Waals surface area (Å²) in [6.45, 7) is 4.22. The van der Waals surface area contributed by atoms with E-state index in [1.807, 2.05) is 44.2 Å². The van der Waals surface area contributed by atoms with Crippen LogP contribution in [0.1, 0.15) is 21.8 Å². The van der Waals surface area contributed by atoms with E-state index in [9.17, 15) is 13.2 Å². The van der Waals surface area contributed by atoms with E-state index in [1.165, 1.54) is 21.9 Å². The predicted molar refractivity (Wildman–Crippen MR) is 105 cm³/mol. The maximum absolute atomic E-state index is 12.4. The molecule has 0 saturated carbocycles. The van der Waals surface area contributed by atoms with Gasteiger partial charge in [-0.2, -0.15) is 4.31 Å². The van der Waals surface area contributed by atoms with Crippen LogP contribution in [0.5, 0.6) is 0 Å². The summed E-state index contributed by atoms with van der Waals surface area (Å²) in [5, 5.41) is 0.589. The average molecular weight is 392 g/mol. The number of aromatic nitrogens is 2. The molecule has 8 heteroatoms. The summed E-state index contributed by atoms with van der Waals surface area (Å²) < 4.78 is 25.7. The predicted octanol–water partition coefficient (Wildman–Crippen LogP) is 2.61. The van der Waals surface area contributed by atoms with Crippen molar-refractivity contribution in [3.05, 3.63) is 62.5 Å². The smallest absolute Gasteiger partial charge is 0.259 e. The molecule has 3 rings (SSSR count). The highest BCUT2D eigenvalue weighted by molar-refractivity contribution is 7.88. The summed E-state index contributed by atoms with van der Waals surface area (Å²) in [6.07, 6.45) is 1.77. The van der Waals surface area contributed by atoms with Crippen LogP contribution >= 0.6 is 11.3 Å². The number of H-pyrrole nitrogens is 1. The lowest BCUT2D eigenvalue weighted by Crippen LogP contribution is -2.33. The molecule has 0 saturated heterocycles. The van der Waals surface area contributed by atoms with Crippen LogP contribution in [0.15, 0.2) is 35.1 Å². The van der Waals surface area contributed by atoms with E-state index < -0.39 is 10.0 Å². The molecule has 2 aromatic heterocycles. The van der Waals surface area contributed by atoms with Crippen molar-refractivity contribution in [2.75, 3.05) is 12.8 Å². The molecule has 1 aromatic carbocycles. The quantitative estimate of drug-likeness (QED) is 0.700. The number of hydrogen-bond donors (Lipinski definition) is 1. The lowest BCUT2D eigenvalue weighted by atomic mass is 10.1. The Labute approximate surface area is 156 Å². The fourth-order valence-corrected chi connectivity index (χ4v) is 4.63. The van der Waals surface area contributed by atoms with Crippen LogP contribution in [-0.4, -0.2) is 35.5 Å². The van der Waals surface area contributed by atoms with Crippen LogP contribution in [0, 0.1) is 13.8 Å². The molecule has 0 aliphatic heterocycles. The van der Waals surface area contributed by atoms with Gasteiger partial charge in [0, 0.05) is 11.4 Å². The topological polar surface area (TPSA) is 83.1 Å². The van der Waals surface area contributed by atoms with E-state index in [4.69, 9.17) is 0 Å². The largest absolute Gasteiger partial charge is 0.309 e. The van der Waals surface area contributed by atoms with Gasteiger partial charge in [-0.15, -0.1) is 11.3 Å². The molecule has 0 aliphatic carbocycles. The molecule has 6 nitrogen and oxygen atoms in total. The second kappa shape index (κ2) is 7.30. The van der Waals surface area contributed by atoms with Crippen molar-refractivity contribution in [2.24, 2.45) is 0 Å². The second-order valence-corrected chi connectivity index (χ2v) is 9.49. The number of thiophene rings is 1. The van der Waals surface area contributed by atoms with Gasteiger partial charge >= 0.3 is 0 Å². The minimum Gasteiger partial charge on any atom is -0.309 e. The monoisotopic (exact) mass is 391 g/mol. The molecule has 0 fully saturated rings. The third-order valence-corrected chi connectivity index (χ3v) is 6.73. The Bertz CT molecular complexity index is 1090. The molecular formula is C18H21N3O3S2. The third-order valence-electron chi connectivity index (χ3n) is 4.38. The van der Waals surface area contributed by atoms with Crippen LogP contribution in [0.3, 0.4) is 0 Å². The van der Waals surface area contributed by atoms with Gasteiger partial charge in [0.05, 0.1) is 18.2 Å². The van der Waals surface area contributed by atoms with Gasteiger partial charge < -0.3 is 4.98 Å². The lowest BCUT2D eigenvalue weighted by Gasteiger charge is -2.19. The third kappa shape index (κ3) is 4.03. The van der Waals surface area contributed by atoms with Crippen LogP contribution in [0.2, 0.25) is 0 Å². The van der Waals surface area contributed by atoms with Crippen LogP contribution in [0.25, 0.3) is 10.2 Å². The molecule has 138 valence electrons. The Hall–Kier alpha value is -2.03. The van der Waals surface area contributed by atoms with Crippen molar-refractivity contribution in [1.82, 2.24) is 14.3 Å². The summed E-state index contributed by atoms with van der Waals surface area (Å²) >= 11 is 1.45. The summed E-state index contributed by atoms with van der Waals surface area (Å²) in [6, 6.07) is 9.70. The SMILES string of the molecule is Cc1sc2nc(CN(CCc3ccccc3)S(C)(=O)=O)[nH]c(=O)c2c1C. The van der Waals surface area contributed by atoms with E-state index in [0.717, 1.165) is 16.0 Å². The first-order valence-electron chi connectivity index (χ1n) is 8.23. The van der Waals surface area contributed by atoms with Crippen molar-refractivity contribution < 1.29 is 8.42 Å². The van der Waals surface area contributed by atoms with Gasteiger partial charge in [-0.3, -0.25) is 4.79 Å². The normalized spacial score (nSPS) is 12.2. The number of benzene rings is 1. The Morgan fingerprint density at radius 2 is 1.88 bits per heavy atom. The van der Waals surface area contributed by atoms with Gasteiger partial charge in [-0.25, -0.2) is 13.4 Å². The average Bonchev–Trinajstić information content (AvgIpc) is 2.86. The molecule has 0 amide bonds. The first kappa shape index (κ1) is 18.8. The Balaban J connectivity index is 1.87. The van der Waals surface area contributed by atoms with Crippen molar-refractivity contribution in [1.29, 1.82) is 0 Å². The number of hydrogen-bond acceptors (Lipinski definition) is 5. The fourth-order valence-electron chi connectivity index (χ4n) is 2.80. The zero-order valence-electron chi connectivity index (χ0n) is 14.9. The Morgan fingerprint density at radius 3 is 2.54 bits per heavy atom. The number of aromatic amines is 1. The lowest BCUT2D eigenvalue weighted by molar-refractivity contribution is 0.404. The highest BCUT2D eigenvalue weighted by atomic mass is 32.2. The number of sulfonamides is 1. The minimum atomic E-state index is -3.43. The van der Waals surface area contributed by atoms with Crippen LogP contribution < -0.4 is 5.56 Å². The number of fused-ring (bicyclic) bond motifs is 1. The van der Waals surface area contributed by atoms with E-state index >= 15 is 0 Å². The van der Waals surface area contributed by atoms with Crippen LogP contribution in [-0.2, 0) is 23.0 Å². The molecule has 3 aromatic rings. The van der Waals surface area contributed by atoms with Crippen molar-refractivity contribution in [2.45, 2.75) is 26.8 Å². The van der Waals surface area contributed by atoms with Crippen molar-refractivity contribution in [3.8, 4) is 0 Å². The molecule has 0 bridgehead atoms. The number of rotatable bonds is 6. The summed E-state index contributed by atoms with van der Waals surface area (Å²) in [5.41, 5.74) is 1.76. The number of aryl methyl sites for hydroxylation is 2. The minimum absolute atomic E-state index is 0.0485. The van der Waals surface area contributed by atoms with Gasteiger partial charge in [-0.1, -0.05) is 30.3 Å². The van der Waals surface area contributed by atoms with E-state index in [0.29, 0.717) is 29.0 Å². The van der Waals surface area contributed by atoms with Gasteiger partial charge in [0.15, 0.2) is 0 Å². The zero-order chi connectivity index (χ0) is 18.9. The van der Waals surface area contributed by atoms with Crippen LogP contribution in [0.4, 0.5) is 0 Å². The van der Waals surface area contributed by atoms with Crippen molar-refractivity contribution in [3.63, 3.8) is 0 Å². The van der Waals surface area contributed by atoms with E-state index in [2.05, 4.69) is 9.97 Å². The number of nitrogens with one attached hydrogen (secondary N) is 1. The molecule has 0 unspecified atom stereocenters. The van der Waals surface area contributed by atoms with Gasteiger partial charge in [-0.05, 0) is 31.4 Å². The first-order chi connectivity index (χ1) is 12.3. The molecular weight excluding hydrogens is 370 g/mol. The fraction of sp³-hybridized carbons (Fsp3) is 0.333. The Kier molecular flexibility index (Phi) is 5.27.